The molecule has 2 heterocycles. The minimum Gasteiger partial charge on any atom is -0.353 e. The maximum Gasteiger partial charge on any atom is 0.276 e. The first-order valence-electron chi connectivity index (χ1n) is 13.1. The molecule has 8 nitrogen and oxygen atoms in total. The van der Waals surface area contributed by atoms with Crippen molar-refractivity contribution < 1.29 is 9.72 Å². The van der Waals surface area contributed by atoms with E-state index in [4.69, 9.17) is 4.37 Å². The van der Waals surface area contributed by atoms with E-state index >= 15 is 0 Å². The van der Waals surface area contributed by atoms with E-state index in [0.29, 0.717) is 23.9 Å². The van der Waals surface area contributed by atoms with Gasteiger partial charge in [0.15, 0.2) is 0 Å². The number of aromatic nitrogens is 1. The molecule has 194 valence electrons. The van der Waals surface area contributed by atoms with Gasteiger partial charge in [0.1, 0.15) is 5.82 Å². The number of rotatable bonds is 8. The third kappa shape index (κ3) is 6.17. The molecule has 1 aliphatic carbocycles. The van der Waals surface area contributed by atoms with Gasteiger partial charge in [0.25, 0.3) is 5.69 Å². The number of amides is 1. The summed E-state index contributed by atoms with van der Waals surface area (Å²) in [5.41, 5.74) is 0.435. The minimum absolute atomic E-state index is 0.00181. The Kier molecular flexibility index (Phi) is 8.11. The van der Waals surface area contributed by atoms with Gasteiger partial charge < -0.3 is 10.2 Å². The Balaban J connectivity index is 1.12. The zero-order valence-electron chi connectivity index (χ0n) is 20.9. The van der Waals surface area contributed by atoms with Crippen molar-refractivity contribution in [2.45, 2.75) is 25.7 Å². The average Bonchev–Trinajstić information content (AvgIpc) is 3.36. The largest absolute Gasteiger partial charge is 0.353 e. The highest BCUT2D eigenvalue weighted by Crippen LogP contribution is 2.32. The minimum atomic E-state index is -0.427. The molecule has 2 aliphatic rings. The number of fused-ring (bicyclic) bond motifs is 1. The van der Waals surface area contributed by atoms with E-state index in [1.807, 2.05) is 0 Å². The van der Waals surface area contributed by atoms with Crippen LogP contribution in [0.5, 0.6) is 0 Å². The second kappa shape index (κ2) is 11.8. The first-order chi connectivity index (χ1) is 18.1. The fourth-order valence-electron chi connectivity index (χ4n) is 5.62. The van der Waals surface area contributed by atoms with Crippen molar-refractivity contribution in [3.63, 3.8) is 0 Å². The molecule has 9 heteroatoms. The van der Waals surface area contributed by atoms with Crippen LogP contribution >= 0.6 is 11.5 Å². The maximum atomic E-state index is 12.5. The molecule has 0 unspecified atom stereocenters. The predicted molar refractivity (Wildman–Crippen MR) is 149 cm³/mol. The van der Waals surface area contributed by atoms with Crippen molar-refractivity contribution in [1.82, 2.24) is 14.6 Å². The Morgan fingerprint density at radius 2 is 1.78 bits per heavy atom. The van der Waals surface area contributed by atoms with E-state index in [0.717, 1.165) is 45.0 Å². The molecule has 3 aromatic rings. The van der Waals surface area contributed by atoms with Gasteiger partial charge in [-0.15, -0.1) is 0 Å². The topological polar surface area (TPSA) is 91.6 Å². The van der Waals surface area contributed by atoms with Gasteiger partial charge in [0, 0.05) is 56.8 Å². The average molecular weight is 520 g/mol. The van der Waals surface area contributed by atoms with Crippen LogP contribution in [0.25, 0.3) is 16.2 Å². The summed E-state index contributed by atoms with van der Waals surface area (Å²) in [7, 11) is 0. The molecular formula is C28H33N5O3S. The van der Waals surface area contributed by atoms with Crippen LogP contribution in [0, 0.1) is 22.0 Å². The van der Waals surface area contributed by atoms with Crippen LogP contribution in [0.4, 0.5) is 11.5 Å². The Hall–Kier alpha value is -3.30. The molecule has 1 saturated carbocycles. The summed E-state index contributed by atoms with van der Waals surface area (Å²) in [5, 5.41) is 15.5. The van der Waals surface area contributed by atoms with Gasteiger partial charge in [-0.2, -0.15) is 4.37 Å². The van der Waals surface area contributed by atoms with Gasteiger partial charge in [-0.1, -0.05) is 37.1 Å². The molecule has 1 saturated heterocycles. The maximum absolute atomic E-state index is 12.5. The summed E-state index contributed by atoms with van der Waals surface area (Å²) < 4.78 is 5.97. The van der Waals surface area contributed by atoms with E-state index < -0.39 is 4.92 Å². The summed E-state index contributed by atoms with van der Waals surface area (Å²) >= 11 is 1.57. The van der Waals surface area contributed by atoms with Gasteiger partial charge in [-0.25, -0.2) is 0 Å². The van der Waals surface area contributed by atoms with Gasteiger partial charge in [-0.3, -0.25) is 19.8 Å². The number of piperazine rings is 1. The number of nitrogens with zero attached hydrogens (tertiary/aromatic N) is 4. The van der Waals surface area contributed by atoms with Crippen molar-refractivity contribution in [3.05, 3.63) is 70.3 Å². The Morgan fingerprint density at radius 3 is 2.59 bits per heavy atom. The fraction of sp³-hybridized carbons (Fsp3) is 0.429. The first kappa shape index (κ1) is 25.4. The molecule has 1 N–H and O–H groups in total. The van der Waals surface area contributed by atoms with Gasteiger partial charge in [0.2, 0.25) is 5.91 Å². The lowest BCUT2D eigenvalue weighted by atomic mass is 9.78. The molecule has 37 heavy (non-hydrogen) atoms. The van der Waals surface area contributed by atoms with Crippen LogP contribution in [0.3, 0.4) is 0 Å². The molecule has 1 aliphatic heterocycles. The zero-order valence-corrected chi connectivity index (χ0v) is 21.7. The fourth-order valence-corrected chi connectivity index (χ4v) is 6.41. The number of hydrogen-bond acceptors (Lipinski definition) is 7. The number of carbonyl (C=O) groups excluding carboxylic acids is 1. The Labute approximate surface area is 221 Å². The lowest BCUT2D eigenvalue weighted by Gasteiger charge is -2.40. The van der Waals surface area contributed by atoms with Crippen LogP contribution < -0.4 is 10.2 Å². The van der Waals surface area contributed by atoms with Crippen LogP contribution in [-0.4, -0.2) is 59.4 Å². The van der Waals surface area contributed by atoms with Gasteiger partial charge in [-0.05, 0) is 60.5 Å². The molecule has 2 fully saturated rings. The van der Waals surface area contributed by atoms with E-state index in [9.17, 15) is 14.9 Å². The number of nitrogens with one attached hydrogen (secondary N) is 1. The van der Waals surface area contributed by atoms with Gasteiger partial charge >= 0.3 is 0 Å². The Morgan fingerprint density at radius 1 is 1.05 bits per heavy atom. The van der Waals surface area contributed by atoms with E-state index in [2.05, 4.69) is 39.4 Å². The quantitative estimate of drug-likeness (QED) is 0.257. The van der Waals surface area contributed by atoms with Crippen molar-refractivity contribution in [3.8, 4) is 0 Å². The summed E-state index contributed by atoms with van der Waals surface area (Å²) in [5.74, 6) is 1.94. The number of para-hydroxylation sites is 1. The number of benzene rings is 2. The number of nitro benzene ring substituents is 1. The normalized spacial score (nSPS) is 20.9. The van der Waals surface area contributed by atoms with E-state index in [1.54, 1.807) is 29.7 Å². The molecule has 1 amide bonds. The number of nitro groups is 1. The standard InChI is InChI=1S/C28H33N5O3S/c34-27(14-13-21-7-3-5-11-25(21)33(35)36)29-19-22-8-1-2-9-23(22)20-31-15-17-32(18-16-31)28-24-10-4-6-12-26(24)37-30-28/h3-7,10-14,22-23H,1-2,8-9,15-20H2,(H,29,34)/t22-,23+/m0/s1. The molecule has 0 radical (unpaired) electrons. The third-order valence-electron chi connectivity index (χ3n) is 7.68. The summed E-state index contributed by atoms with van der Waals surface area (Å²) in [6.07, 6.45) is 7.71. The lowest BCUT2D eigenvalue weighted by molar-refractivity contribution is -0.385. The summed E-state index contributed by atoms with van der Waals surface area (Å²) in [6.45, 7) is 5.74. The number of anilines is 1. The zero-order chi connectivity index (χ0) is 25.6. The highest BCUT2D eigenvalue weighted by Gasteiger charge is 2.29. The summed E-state index contributed by atoms with van der Waals surface area (Å²) in [6, 6.07) is 14.9. The molecule has 0 bridgehead atoms. The molecule has 0 spiro atoms. The molecule has 1 aromatic heterocycles. The van der Waals surface area contributed by atoms with Crippen LogP contribution in [0.1, 0.15) is 31.2 Å². The molecule has 2 aromatic carbocycles. The highest BCUT2D eigenvalue weighted by molar-refractivity contribution is 7.13. The number of hydrogen-bond donors (Lipinski definition) is 1. The van der Waals surface area contributed by atoms with Crippen molar-refractivity contribution in [1.29, 1.82) is 0 Å². The second-order valence-corrected chi connectivity index (χ2v) is 10.8. The highest BCUT2D eigenvalue weighted by atomic mass is 32.1. The van der Waals surface area contributed by atoms with E-state index in [1.165, 1.54) is 47.6 Å². The van der Waals surface area contributed by atoms with Crippen LogP contribution in [0.15, 0.2) is 54.6 Å². The first-order valence-corrected chi connectivity index (χ1v) is 13.9. The lowest BCUT2D eigenvalue weighted by Crippen LogP contribution is -2.49. The molecular weight excluding hydrogens is 486 g/mol. The monoisotopic (exact) mass is 519 g/mol. The molecule has 5 rings (SSSR count). The van der Waals surface area contributed by atoms with Crippen molar-refractivity contribution in [2.24, 2.45) is 11.8 Å². The smallest absolute Gasteiger partial charge is 0.276 e. The Bertz CT molecular complexity index is 1270. The van der Waals surface area contributed by atoms with Gasteiger partial charge in [0.05, 0.1) is 15.2 Å². The summed E-state index contributed by atoms with van der Waals surface area (Å²) in [4.78, 5) is 28.2. The second-order valence-electron chi connectivity index (χ2n) is 9.99. The predicted octanol–water partition coefficient (Wildman–Crippen LogP) is 4.96. The van der Waals surface area contributed by atoms with Crippen molar-refractivity contribution >= 4 is 45.1 Å². The van der Waals surface area contributed by atoms with Crippen LogP contribution in [0.2, 0.25) is 0 Å². The number of carbonyl (C=O) groups is 1. The molecule has 2 atom stereocenters. The van der Waals surface area contributed by atoms with Crippen LogP contribution in [-0.2, 0) is 4.79 Å². The third-order valence-corrected chi connectivity index (χ3v) is 8.49. The van der Waals surface area contributed by atoms with E-state index in [-0.39, 0.29) is 11.6 Å². The SMILES string of the molecule is O=C(C=Cc1ccccc1[N+](=O)[O-])NC[C@@H]1CCCC[C@@H]1CN1CCN(c2nsc3ccccc23)CC1. The van der Waals surface area contributed by atoms with Crippen molar-refractivity contribution in [2.75, 3.05) is 44.2 Å².